The largest absolute Gasteiger partial charge is 0.466 e. The number of benzene rings is 2. The molecule has 3 aromatic rings. The first-order valence-corrected chi connectivity index (χ1v) is 10.2. The van der Waals surface area contributed by atoms with E-state index in [2.05, 4.69) is 4.98 Å². The summed E-state index contributed by atoms with van der Waals surface area (Å²) in [6.45, 7) is 4.03. The number of nitrogens with one attached hydrogen (secondary N) is 1. The number of H-pyrrole nitrogens is 1. The Kier molecular flexibility index (Phi) is 5.44. The van der Waals surface area contributed by atoms with Crippen LogP contribution in [0.5, 0.6) is 0 Å². The van der Waals surface area contributed by atoms with Crippen LogP contribution in [0.25, 0.3) is 11.0 Å². The van der Waals surface area contributed by atoms with Gasteiger partial charge in [0.25, 0.3) is 0 Å². The molecule has 0 radical (unpaired) electrons. The average molecular weight is 407 g/mol. The maximum absolute atomic E-state index is 12.6. The van der Waals surface area contributed by atoms with E-state index in [1.165, 1.54) is 4.90 Å². The second kappa shape index (κ2) is 8.18. The Bertz CT molecular complexity index is 1080. The van der Waals surface area contributed by atoms with Gasteiger partial charge in [0.05, 0.1) is 29.2 Å². The van der Waals surface area contributed by atoms with Crippen LogP contribution in [0.2, 0.25) is 0 Å². The predicted molar refractivity (Wildman–Crippen MR) is 114 cm³/mol. The molecule has 7 heteroatoms. The lowest BCUT2D eigenvalue weighted by Crippen LogP contribution is -2.41. The van der Waals surface area contributed by atoms with Crippen LogP contribution >= 0.6 is 0 Å². The van der Waals surface area contributed by atoms with Crippen molar-refractivity contribution >= 4 is 28.8 Å². The van der Waals surface area contributed by atoms with E-state index in [1.54, 1.807) is 6.92 Å². The zero-order valence-electron chi connectivity index (χ0n) is 17.1. The maximum Gasteiger partial charge on any atom is 0.412 e. The quantitative estimate of drug-likeness (QED) is 0.616. The number of amides is 1. The summed E-state index contributed by atoms with van der Waals surface area (Å²) in [4.78, 5) is 33.9. The van der Waals surface area contributed by atoms with Gasteiger partial charge in [0.15, 0.2) is 0 Å². The first kappa shape index (κ1) is 19.9. The van der Waals surface area contributed by atoms with Crippen molar-refractivity contribution in [2.45, 2.75) is 45.1 Å². The topological polar surface area (TPSA) is 95.5 Å². The van der Waals surface area contributed by atoms with Gasteiger partial charge in [-0.2, -0.15) is 0 Å². The number of anilines is 1. The first-order chi connectivity index (χ1) is 14.5. The fourth-order valence-corrected chi connectivity index (χ4v) is 4.21. The van der Waals surface area contributed by atoms with Crippen molar-refractivity contribution in [3.8, 4) is 0 Å². The maximum atomic E-state index is 12.6. The summed E-state index contributed by atoms with van der Waals surface area (Å²) in [6, 6.07) is 13.2. The zero-order valence-corrected chi connectivity index (χ0v) is 17.1. The molecular formula is C23H25N3O4. The summed E-state index contributed by atoms with van der Waals surface area (Å²) in [5.74, 6) is -0.0593. The molecule has 1 aromatic heterocycles. The van der Waals surface area contributed by atoms with E-state index in [4.69, 9.17) is 9.72 Å². The molecule has 30 heavy (non-hydrogen) atoms. The third kappa shape index (κ3) is 3.63. The molecule has 2 atom stereocenters. The van der Waals surface area contributed by atoms with Crippen molar-refractivity contribution in [2.75, 3.05) is 11.5 Å². The fraction of sp³-hybridized carbons (Fsp3) is 0.348. The highest BCUT2D eigenvalue weighted by atomic mass is 16.5. The van der Waals surface area contributed by atoms with Gasteiger partial charge in [-0.05, 0) is 44.4 Å². The van der Waals surface area contributed by atoms with Gasteiger partial charge in [-0.15, -0.1) is 0 Å². The van der Waals surface area contributed by atoms with E-state index in [0.29, 0.717) is 24.5 Å². The molecule has 156 valence electrons. The van der Waals surface area contributed by atoms with E-state index >= 15 is 0 Å². The number of carboxylic acid groups (broad SMARTS) is 1. The Morgan fingerprint density at radius 3 is 2.73 bits per heavy atom. The molecule has 2 N–H and O–H groups in total. The standard InChI is InChI=1S/C23H25N3O4/c1-3-30-22(27)17(15-7-5-4-6-8-15)13-20-24-18-11-12-19-16(21(18)25-20)10-9-14(2)26(19)23(28)29/h4-8,11-12,14,17H,3,9-10,13H2,1-2H3,(H,24,25)(H,28,29)/t14-,17?/m0/s1. The highest BCUT2D eigenvalue weighted by Gasteiger charge is 2.30. The number of hydrogen-bond acceptors (Lipinski definition) is 4. The molecular weight excluding hydrogens is 382 g/mol. The smallest absolute Gasteiger partial charge is 0.412 e. The van der Waals surface area contributed by atoms with Crippen molar-refractivity contribution < 1.29 is 19.4 Å². The monoisotopic (exact) mass is 407 g/mol. The van der Waals surface area contributed by atoms with Crippen molar-refractivity contribution in [1.29, 1.82) is 0 Å². The van der Waals surface area contributed by atoms with Gasteiger partial charge in [0.1, 0.15) is 5.82 Å². The molecule has 2 heterocycles. The van der Waals surface area contributed by atoms with Crippen molar-refractivity contribution in [3.63, 3.8) is 0 Å². The summed E-state index contributed by atoms with van der Waals surface area (Å²) in [5, 5.41) is 9.64. The third-order valence-electron chi connectivity index (χ3n) is 5.67. The Morgan fingerprint density at radius 2 is 2.03 bits per heavy atom. The number of rotatable bonds is 5. The molecule has 0 fully saturated rings. The minimum Gasteiger partial charge on any atom is -0.466 e. The average Bonchev–Trinajstić information content (AvgIpc) is 3.15. The minimum atomic E-state index is -0.954. The third-order valence-corrected chi connectivity index (χ3v) is 5.67. The SMILES string of the molecule is CCOC(=O)C(Cc1nc2c3c(ccc2[nH]1)N(C(=O)O)[C@@H](C)CC3)c1ccccc1. The van der Waals surface area contributed by atoms with E-state index < -0.39 is 12.0 Å². The van der Waals surface area contributed by atoms with E-state index in [-0.39, 0.29) is 12.0 Å². The van der Waals surface area contributed by atoms with E-state index in [0.717, 1.165) is 35.0 Å². The van der Waals surface area contributed by atoms with Crippen molar-refractivity contribution in [1.82, 2.24) is 9.97 Å². The minimum absolute atomic E-state index is 0.0721. The van der Waals surface area contributed by atoms with Gasteiger partial charge < -0.3 is 14.8 Å². The van der Waals surface area contributed by atoms with Crippen molar-refractivity contribution in [2.24, 2.45) is 0 Å². The second-order valence-electron chi connectivity index (χ2n) is 7.60. The number of imidazole rings is 1. The summed E-state index contributed by atoms with van der Waals surface area (Å²) in [5.41, 5.74) is 4.12. The van der Waals surface area contributed by atoms with Gasteiger partial charge >= 0.3 is 12.1 Å². The van der Waals surface area contributed by atoms with Crippen LogP contribution in [0.3, 0.4) is 0 Å². The molecule has 7 nitrogen and oxygen atoms in total. The van der Waals surface area contributed by atoms with Gasteiger partial charge in [-0.25, -0.2) is 9.78 Å². The number of ether oxygens (including phenoxy) is 1. The Hall–Kier alpha value is -3.35. The molecule has 1 unspecified atom stereocenters. The highest BCUT2D eigenvalue weighted by Crippen LogP contribution is 2.35. The molecule has 0 saturated carbocycles. The van der Waals surface area contributed by atoms with Gasteiger partial charge in [-0.1, -0.05) is 30.3 Å². The highest BCUT2D eigenvalue weighted by molar-refractivity contribution is 5.94. The molecule has 0 spiro atoms. The second-order valence-corrected chi connectivity index (χ2v) is 7.60. The summed E-state index contributed by atoms with van der Waals surface area (Å²) in [7, 11) is 0. The molecule has 0 bridgehead atoms. The van der Waals surface area contributed by atoms with Crippen LogP contribution in [0.1, 0.15) is 43.1 Å². The van der Waals surface area contributed by atoms with Gasteiger partial charge in [0.2, 0.25) is 0 Å². The number of carbonyl (C=O) groups excluding carboxylic acids is 1. The van der Waals surface area contributed by atoms with Crippen LogP contribution in [-0.2, 0) is 22.4 Å². The Morgan fingerprint density at radius 1 is 1.27 bits per heavy atom. The number of aromatic nitrogens is 2. The number of esters is 1. The molecule has 4 rings (SSSR count). The van der Waals surface area contributed by atoms with Crippen LogP contribution < -0.4 is 4.90 Å². The predicted octanol–water partition coefficient (Wildman–Crippen LogP) is 4.27. The van der Waals surface area contributed by atoms with Crippen LogP contribution in [0.15, 0.2) is 42.5 Å². The zero-order chi connectivity index (χ0) is 21.3. The lowest BCUT2D eigenvalue weighted by atomic mass is 9.95. The normalized spacial score (nSPS) is 16.9. The van der Waals surface area contributed by atoms with E-state index in [1.807, 2.05) is 49.4 Å². The Balaban J connectivity index is 1.71. The van der Waals surface area contributed by atoms with Crippen LogP contribution in [-0.4, -0.2) is 39.8 Å². The van der Waals surface area contributed by atoms with E-state index in [9.17, 15) is 14.7 Å². The number of nitrogens with zero attached hydrogens (tertiary/aromatic N) is 2. The summed E-state index contributed by atoms with van der Waals surface area (Å²) < 4.78 is 5.29. The molecule has 0 aliphatic carbocycles. The number of aryl methyl sites for hydroxylation is 1. The van der Waals surface area contributed by atoms with Crippen LogP contribution in [0, 0.1) is 0 Å². The number of hydrogen-bond donors (Lipinski definition) is 2. The van der Waals surface area contributed by atoms with Crippen LogP contribution in [0.4, 0.5) is 10.5 Å². The molecule has 1 aliphatic rings. The molecule has 0 saturated heterocycles. The number of aromatic amines is 1. The Labute approximate surface area is 174 Å². The van der Waals surface area contributed by atoms with Crippen molar-refractivity contribution in [3.05, 3.63) is 59.4 Å². The molecule has 2 aromatic carbocycles. The lowest BCUT2D eigenvalue weighted by Gasteiger charge is -2.33. The summed E-state index contributed by atoms with van der Waals surface area (Å²) >= 11 is 0. The fourth-order valence-electron chi connectivity index (χ4n) is 4.21. The number of fused-ring (bicyclic) bond motifs is 3. The first-order valence-electron chi connectivity index (χ1n) is 10.2. The molecule has 1 amide bonds. The number of carbonyl (C=O) groups is 2. The van der Waals surface area contributed by atoms with Gasteiger partial charge in [0, 0.05) is 18.0 Å². The van der Waals surface area contributed by atoms with Gasteiger partial charge in [-0.3, -0.25) is 9.69 Å². The lowest BCUT2D eigenvalue weighted by molar-refractivity contribution is -0.145. The summed E-state index contributed by atoms with van der Waals surface area (Å²) in [6.07, 6.45) is 0.938. The molecule has 1 aliphatic heterocycles.